The summed E-state index contributed by atoms with van der Waals surface area (Å²) in [7, 11) is 0. The number of rotatable bonds is 7. The van der Waals surface area contributed by atoms with Crippen molar-refractivity contribution in [1.29, 1.82) is 0 Å². The summed E-state index contributed by atoms with van der Waals surface area (Å²) in [6.07, 6.45) is 13.7. The van der Waals surface area contributed by atoms with Gasteiger partial charge in [-0.05, 0) is 183 Å². The van der Waals surface area contributed by atoms with Crippen LogP contribution in [0.4, 0.5) is 11.4 Å². The lowest BCUT2D eigenvalue weighted by molar-refractivity contribution is -0.00287. The Hall–Kier alpha value is -4.32. The molecule has 0 amide bonds. The number of hydrogen-bond donors (Lipinski definition) is 4. The van der Waals surface area contributed by atoms with Crippen molar-refractivity contribution in [2.45, 2.75) is 76.0 Å². The van der Waals surface area contributed by atoms with E-state index in [1.54, 1.807) is 24.3 Å². The summed E-state index contributed by atoms with van der Waals surface area (Å²) in [6, 6.07) is 23.8. The van der Waals surface area contributed by atoms with Crippen molar-refractivity contribution < 1.29 is 19.7 Å². The molecule has 8 aliphatic carbocycles. The number of nitrogen functional groups attached to an aromatic ring is 2. The molecule has 4 aromatic carbocycles. The number of nitrogens with two attached hydrogens (primary N) is 2. The summed E-state index contributed by atoms with van der Waals surface area (Å²) in [5, 5.41) is 20.9. The van der Waals surface area contributed by atoms with Crippen molar-refractivity contribution in [3.8, 4) is 45.6 Å². The maximum Gasteiger partial charge on any atom is 0.142 e. The van der Waals surface area contributed by atoms with Gasteiger partial charge in [-0.3, -0.25) is 0 Å². The smallest absolute Gasteiger partial charge is 0.142 e. The third-order valence-corrected chi connectivity index (χ3v) is 14.0. The maximum atomic E-state index is 10.5. The van der Waals surface area contributed by atoms with E-state index in [-0.39, 0.29) is 11.5 Å². The van der Waals surface area contributed by atoms with Crippen LogP contribution in [-0.4, -0.2) is 10.2 Å². The summed E-state index contributed by atoms with van der Waals surface area (Å²) >= 11 is 0. The van der Waals surface area contributed by atoms with Crippen LogP contribution in [0.2, 0.25) is 0 Å². The van der Waals surface area contributed by atoms with E-state index in [0.717, 1.165) is 58.5 Å². The molecule has 0 saturated heterocycles. The Morgan fingerprint density at radius 1 is 0.440 bits per heavy atom. The van der Waals surface area contributed by atoms with Crippen LogP contribution < -0.4 is 20.9 Å². The van der Waals surface area contributed by atoms with E-state index in [4.69, 9.17) is 20.9 Å². The van der Waals surface area contributed by atoms with Crippen molar-refractivity contribution in [2.24, 2.45) is 47.3 Å². The van der Waals surface area contributed by atoms with Crippen LogP contribution in [-0.2, 0) is 0 Å². The lowest BCUT2D eigenvalue weighted by Gasteiger charge is -2.55. The molecule has 8 bridgehead atoms. The Morgan fingerprint density at radius 2 is 0.800 bits per heavy atom. The first kappa shape index (κ1) is 30.5. The van der Waals surface area contributed by atoms with Gasteiger partial charge in [-0.15, -0.1) is 0 Å². The van der Waals surface area contributed by atoms with E-state index < -0.39 is 0 Å². The lowest BCUT2D eigenvalue weighted by Crippen LogP contribution is -2.43. The Morgan fingerprint density at radius 3 is 1.14 bits per heavy atom. The highest BCUT2D eigenvalue weighted by Crippen LogP contribution is 2.62. The van der Waals surface area contributed by atoms with Crippen LogP contribution in [0.15, 0.2) is 72.8 Å². The van der Waals surface area contributed by atoms with Gasteiger partial charge >= 0.3 is 0 Å². The number of hydrogen-bond acceptors (Lipinski definition) is 6. The second kappa shape index (κ2) is 11.6. The largest absolute Gasteiger partial charge is 0.506 e. The monoisotopic (exact) mass is 668 g/mol. The summed E-state index contributed by atoms with van der Waals surface area (Å²) in [5.41, 5.74) is 17.4. The number of ether oxygens (including phenoxy) is 2. The molecule has 0 atom stereocenters. The van der Waals surface area contributed by atoms with Gasteiger partial charge in [0.1, 0.15) is 34.5 Å². The zero-order valence-electron chi connectivity index (χ0n) is 28.6. The molecular formula is C44H48N2O4. The van der Waals surface area contributed by atoms with E-state index >= 15 is 0 Å². The zero-order chi connectivity index (χ0) is 33.7. The SMILES string of the molecule is Nc1ccc(Oc2ccc(C3C4CC5CC(C4)CC3C5)cc2-c2cc(C3C4CC5CC(C4)CC3C5)ccc2Oc2ccc(N)c(O)c2)cc1O. The standard InChI is InChI=1S/C44H48N2O4/c45-37-5-3-33(21-39(37)47)49-41-7-1-27(43-29-11-23-9-24(13-29)14-30(43)12-23)19-35(41)36-20-28(44-31-15-25-10-26(17-31)18-32(44)16-25)2-8-42(36)50-34-4-6-38(46)40(48)22-34/h1-8,19-26,29-32,43-44,47-48H,9-18,45-46H2. The molecule has 6 N–H and O–H groups in total. The first-order valence-corrected chi connectivity index (χ1v) is 19.1. The second-order valence-corrected chi connectivity index (χ2v) is 17.1. The minimum Gasteiger partial charge on any atom is -0.506 e. The van der Waals surface area contributed by atoms with Crippen LogP contribution in [0.3, 0.4) is 0 Å². The predicted octanol–water partition coefficient (Wildman–Crippen LogP) is 10.6. The van der Waals surface area contributed by atoms with Gasteiger partial charge in [-0.25, -0.2) is 0 Å². The third-order valence-electron chi connectivity index (χ3n) is 14.0. The molecule has 258 valence electrons. The molecule has 4 aromatic rings. The quantitative estimate of drug-likeness (QED) is 0.115. The molecule has 12 rings (SSSR count). The van der Waals surface area contributed by atoms with E-state index in [1.807, 2.05) is 12.1 Å². The molecule has 6 heteroatoms. The van der Waals surface area contributed by atoms with Crippen molar-refractivity contribution in [2.75, 3.05) is 11.5 Å². The van der Waals surface area contributed by atoms with Gasteiger partial charge in [0.2, 0.25) is 0 Å². The van der Waals surface area contributed by atoms with Crippen LogP contribution in [0.5, 0.6) is 34.5 Å². The highest BCUT2D eigenvalue weighted by atomic mass is 16.5. The summed E-state index contributed by atoms with van der Waals surface area (Å²) < 4.78 is 13.3. The van der Waals surface area contributed by atoms with Crippen LogP contribution >= 0.6 is 0 Å². The summed E-state index contributed by atoms with van der Waals surface area (Å²) in [5.74, 6) is 10.2. The molecule has 8 fully saturated rings. The molecule has 8 aliphatic rings. The van der Waals surface area contributed by atoms with Gasteiger partial charge in [-0.1, -0.05) is 12.1 Å². The van der Waals surface area contributed by atoms with Gasteiger partial charge in [0, 0.05) is 23.3 Å². The number of phenols is 2. The fourth-order valence-electron chi connectivity index (χ4n) is 12.5. The van der Waals surface area contributed by atoms with E-state index in [2.05, 4.69) is 36.4 Å². The first-order chi connectivity index (χ1) is 24.3. The van der Waals surface area contributed by atoms with Crippen LogP contribution in [0.25, 0.3) is 11.1 Å². The van der Waals surface area contributed by atoms with Gasteiger partial charge in [-0.2, -0.15) is 0 Å². The molecular weight excluding hydrogens is 620 g/mol. The van der Waals surface area contributed by atoms with E-state index in [9.17, 15) is 10.2 Å². The van der Waals surface area contributed by atoms with Crippen molar-refractivity contribution in [3.63, 3.8) is 0 Å². The molecule has 50 heavy (non-hydrogen) atoms. The molecule has 0 spiro atoms. The van der Waals surface area contributed by atoms with Crippen molar-refractivity contribution in [1.82, 2.24) is 0 Å². The zero-order valence-corrected chi connectivity index (χ0v) is 28.6. The van der Waals surface area contributed by atoms with Crippen molar-refractivity contribution in [3.05, 3.63) is 83.9 Å². The predicted molar refractivity (Wildman–Crippen MR) is 197 cm³/mol. The topological polar surface area (TPSA) is 111 Å². The molecule has 8 saturated carbocycles. The average molecular weight is 669 g/mol. The van der Waals surface area contributed by atoms with Crippen molar-refractivity contribution >= 4 is 11.4 Å². The Labute approximate surface area is 294 Å². The van der Waals surface area contributed by atoms with Crippen LogP contribution in [0, 0.1) is 47.3 Å². The van der Waals surface area contributed by atoms with Gasteiger partial charge in [0.15, 0.2) is 0 Å². The number of benzene rings is 4. The first-order valence-electron chi connectivity index (χ1n) is 19.1. The number of aromatic hydroxyl groups is 2. The van der Waals surface area contributed by atoms with Gasteiger partial charge in [0.25, 0.3) is 0 Å². The molecule has 0 aliphatic heterocycles. The fourth-order valence-corrected chi connectivity index (χ4v) is 12.5. The second-order valence-electron chi connectivity index (χ2n) is 17.1. The van der Waals surface area contributed by atoms with Crippen LogP contribution in [0.1, 0.15) is 87.2 Å². The van der Waals surface area contributed by atoms with Gasteiger partial charge in [0.05, 0.1) is 11.4 Å². The minimum atomic E-state index is 0.00494. The fraction of sp³-hybridized carbons (Fsp3) is 0.455. The Kier molecular flexibility index (Phi) is 7.08. The molecule has 0 aromatic heterocycles. The van der Waals surface area contributed by atoms with E-state index in [1.165, 1.54) is 75.3 Å². The maximum absolute atomic E-state index is 10.5. The van der Waals surface area contributed by atoms with Gasteiger partial charge < -0.3 is 31.2 Å². The average Bonchev–Trinajstić information content (AvgIpc) is 3.08. The highest BCUT2D eigenvalue weighted by molar-refractivity contribution is 5.78. The molecule has 6 nitrogen and oxygen atoms in total. The minimum absolute atomic E-state index is 0.00494. The highest BCUT2D eigenvalue weighted by Gasteiger charge is 2.50. The number of anilines is 2. The Bertz CT molecular complexity index is 1770. The summed E-state index contributed by atoms with van der Waals surface area (Å²) in [4.78, 5) is 0. The Balaban J connectivity index is 1.12. The number of phenolic OH excluding ortho intramolecular Hbond substituents is 2. The van der Waals surface area contributed by atoms with E-state index in [0.29, 0.717) is 46.2 Å². The molecule has 0 heterocycles. The normalized spacial score (nSPS) is 33.1. The third kappa shape index (κ3) is 5.20. The summed E-state index contributed by atoms with van der Waals surface area (Å²) in [6.45, 7) is 0. The lowest BCUT2D eigenvalue weighted by atomic mass is 9.50. The molecule has 0 radical (unpaired) electrons. The molecule has 0 unspecified atom stereocenters.